The lowest BCUT2D eigenvalue weighted by Gasteiger charge is -2.32. The van der Waals surface area contributed by atoms with Crippen LogP contribution in [0.1, 0.15) is 30.5 Å². The normalized spacial score (nSPS) is 11.8. The Morgan fingerprint density at radius 3 is 2.06 bits per heavy atom. The number of thioether (sulfide) groups is 1. The molecular formula is C29H33BrN2O2S. The Morgan fingerprint density at radius 1 is 0.857 bits per heavy atom. The van der Waals surface area contributed by atoms with Crippen molar-refractivity contribution in [3.8, 4) is 0 Å². The van der Waals surface area contributed by atoms with E-state index in [9.17, 15) is 9.59 Å². The molecule has 1 N–H and O–H groups in total. The van der Waals surface area contributed by atoms with Gasteiger partial charge >= 0.3 is 0 Å². The van der Waals surface area contributed by atoms with Gasteiger partial charge in [0.25, 0.3) is 0 Å². The maximum Gasteiger partial charge on any atom is 0.243 e. The Balaban J connectivity index is 1.83. The van der Waals surface area contributed by atoms with Crippen LogP contribution >= 0.6 is 27.7 Å². The van der Waals surface area contributed by atoms with E-state index in [-0.39, 0.29) is 11.8 Å². The smallest absolute Gasteiger partial charge is 0.243 e. The SMILES string of the molecule is CC(C)CNC(=O)C(Cc1ccccc1)N(Cc1ccc(Br)cc1)C(=O)CSCc1ccccc1. The fourth-order valence-electron chi connectivity index (χ4n) is 3.68. The zero-order valence-corrected chi connectivity index (χ0v) is 22.7. The van der Waals surface area contributed by atoms with Crippen LogP contribution in [0.3, 0.4) is 0 Å². The maximum atomic E-state index is 13.6. The van der Waals surface area contributed by atoms with E-state index in [1.807, 2.05) is 72.8 Å². The van der Waals surface area contributed by atoms with Gasteiger partial charge in [-0.1, -0.05) is 103 Å². The van der Waals surface area contributed by atoms with Crippen molar-refractivity contribution in [1.29, 1.82) is 0 Å². The van der Waals surface area contributed by atoms with Crippen molar-refractivity contribution in [1.82, 2.24) is 10.2 Å². The van der Waals surface area contributed by atoms with Crippen molar-refractivity contribution >= 4 is 39.5 Å². The Morgan fingerprint density at radius 2 is 1.46 bits per heavy atom. The van der Waals surface area contributed by atoms with Crippen LogP contribution in [-0.2, 0) is 28.3 Å². The highest BCUT2D eigenvalue weighted by Crippen LogP contribution is 2.19. The van der Waals surface area contributed by atoms with Crippen molar-refractivity contribution in [2.75, 3.05) is 12.3 Å². The number of carbonyl (C=O) groups is 2. The van der Waals surface area contributed by atoms with Crippen LogP contribution in [-0.4, -0.2) is 35.1 Å². The molecule has 0 saturated heterocycles. The van der Waals surface area contributed by atoms with Crippen molar-refractivity contribution in [3.05, 3.63) is 106 Å². The first-order valence-electron chi connectivity index (χ1n) is 11.9. The molecule has 1 atom stereocenters. The Labute approximate surface area is 221 Å². The second-order valence-corrected chi connectivity index (χ2v) is 10.9. The lowest BCUT2D eigenvalue weighted by atomic mass is 10.0. The Hall–Kier alpha value is -2.57. The number of rotatable bonds is 12. The van der Waals surface area contributed by atoms with Gasteiger partial charge in [0.1, 0.15) is 6.04 Å². The monoisotopic (exact) mass is 552 g/mol. The van der Waals surface area contributed by atoms with Gasteiger partial charge in [0.05, 0.1) is 5.75 Å². The van der Waals surface area contributed by atoms with Crippen molar-refractivity contribution < 1.29 is 9.59 Å². The highest BCUT2D eigenvalue weighted by molar-refractivity contribution is 9.10. The summed E-state index contributed by atoms with van der Waals surface area (Å²) in [5.74, 6) is 1.25. The van der Waals surface area contributed by atoms with Crippen LogP contribution in [0.2, 0.25) is 0 Å². The first kappa shape index (κ1) is 27.0. The lowest BCUT2D eigenvalue weighted by molar-refractivity contribution is -0.139. The highest BCUT2D eigenvalue weighted by atomic mass is 79.9. The summed E-state index contributed by atoms with van der Waals surface area (Å²) in [5, 5.41) is 3.07. The van der Waals surface area contributed by atoms with Crippen LogP contribution in [0.25, 0.3) is 0 Å². The van der Waals surface area contributed by atoms with Crippen molar-refractivity contribution in [2.24, 2.45) is 5.92 Å². The molecule has 35 heavy (non-hydrogen) atoms. The van der Waals surface area contributed by atoms with Gasteiger partial charge in [-0.05, 0) is 34.7 Å². The molecule has 0 saturated carbocycles. The zero-order valence-electron chi connectivity index (χ0n) is 20.3. The van der Waals surface area contributed by atoms with Crippen molar-refractivity contribution in [2.45, 2.75) is 38.6 Å². The summed E-state index contributed by atoms with van der Waals surface area (Å²) >= 11 is 5.06. The molecule has 0 fully saturated rings. The van der Waals surface area contributed by atoms with Crippen LogP contribution < -0.4 is 5.32 Å². The second kappa shape index (κ2) is 14.1. The second-order valence-electron chi connectivity index (χ2n) is 8.97. The predicted octanol–water partition coefficient (Wildman–Crippen LogP) is 6.09. The molecule has 3 aromatic carbocycles. The third-order valence-corrected chi connectivity index (χ3v) is 7.08. The van der Waals surface area contributed by atoms with Gasteiger partial charge in [0, 0.05) is 29.7 Å². The first-order valence-corrected chi connectivity index (χ1v) is 13.8. The lowest BCUT2D eigenvalue weighted by Crippen LogP contribution is -2.51. The van der Waals surface area contributed by atoms with Crippen LogP contribution in [0.15, 0.2) is 89.4 Å². The molecule has 3 aromatic rings. The molecule has 0 radical (unpaired) electrons. The van der Waals surface area contributed by atoms with E-state index < -0.39 is 6.04 Å². The minimum atomic E-state index is -0.593. The number of benzene rings is 3. The Bertz CT molecular complexity index is 1060. The quantitative estimate of drug-likeness (QED) is 0.295. The van der Waals surface area contributed by atoms with Crippen LogP contribution in [0.5, 0.6) is 0 Å². The number of hydrogen-bond acceptors (Lipinski definition) is 3. The predicted molar refractivity (Wildman–Crippen MR) is 149 cm³/mol. The Kier molecular flexibility index (Phi) is 10.9. The summed E-state index contributed by atoms with van der Waals surface area (Å²) in [5.41, 5.74) is 3.20. The number of halogens is 1. The van der Waals surface area contributed by atoms with Gasteiger partial charge in [0.15, 0.2) is 0 Å². The minimum Gasteiger partial charge on any atom is -0.354 e. The van der Waals surface area contributed by atoms with Gasteiger partial charge in [-0.25, -0.2) is 0 Å². The van der Waals surface area contributed by atoms with Crippen LogP contribution in [0.4, 0.5) is 0 Å². The molecule has 0 aliphatic rings. The number of carbonyl (C=O) groups excluding carboxylic acids is 2. The summed E-state index contributed by atoms with van der Waals surface area (Å²) in [6.07, 6.45) is 0.469. The fraction of sp³-hybridized carbons (Fsp3) is 0.310. The summed E-state index contributed by atoms with van der Waals surface area (Å²) < 4.78 is 0.980. The first-order chi connectivity index (χ1) is 16.9. The van der Waals surface area contributed by atoms with E-state index in [0.717, 1.165) is 21.4 Å². The van der Waals surface area contributed by atoms with E-state index in [1.165, 1.54) is 5.56 Å². The third-order valence-electron chi connectivity index (χ3n) is 5.56. The van der Waals surface area contributed by atoms with E-state index in [2.05, 4.69) is 47.2 Å². The van der Waals surface area contributed by atoms with Gasteiger partial charge in [0.2, 0.25) is 11.8 Å². The molecule has 0 aliphatic carbocycles. The average molecular weight is 554 g/mol. The molecule has 1 unspecified atom stereocenters. The van der Waals surface area contributed by atoms with E-state index in [4.69, 9.17) is 0 Å². The van der Waals surface area contributed by atoms with E-state index in [0.29, 0.717) is 31.2 Å². The number of amides is 2. The van der Waals surface area contributed by atoms with Gasteiger partial charge in [-0.2, -0.15) is 0 Å². The molecule has 0 aliphatic heterocycles. The summed E-state index contributed by atoms with van der Waals surface area (Å²) in [7, 11) is 0. The average Bonchev–Trinajstić information content (AvgIpc) is 2.87. The molecule has 6 heteroatoms. The van der Waals surface area contributed by atoms with Gasteiger partial charge in [-0.15, -0.1) is 11.8 Å². The molecular weight excluding hydrogens is 520 g/mol. The third kappa shape index (κ3) is 9.19. The number of nitrogens with zero attached hydrogens (tertiary/aromatic N) is 1. The maximum absolute atomic E-state index is 13.6. The van der Waals surface area contributed by atoms with Gasteiger partial charge in [-0.3, -0.25) is 9.59 Å². The summed E-state index contributed by atoms with van der Waals surface area (Å²) in [4.78, 5) is 28.8. The topological polar surface area (TPSA) is 49.4 Å². The largest absolute Gasteiger partial charge is 0.354 e. The molecule has 0 spiro atoms. The van der Waals surface area contributed by atoms with E-state index >= 15 is 0 Å². The minimum absolute atomic E-state index is 0.0329. The molecule has 184 valence electrons. The molecule has 4 nitrogen and oxygen atoms in total. The summed E-state index contributed by atoms with van der Waals surface area (Å²) in [6, 6.07) is 27.4. The standard InChI is InChI=1S/C29H33BrN2O2S/c1-22(2)18-31-29(34)27(17-23-9-5-3-6-10-23)32(19-24-13-15-26(30)16-14-24)28(33)21-35-20-25-11-7-4-8-12-25/h3-16,22,27H,17-21H2,1-2H3,(H,31,34). The fourth-order valence-corrected chi connectivity index (χ4v) is 4.81. The number of hydrogen-bond donors (Lipinski definition) is 1. The van der Waals surface area contributed by atoms with Gasteiger partial charge < -0.3 is 10.2 Å². The number of nitrogens with one attached hydrogen (secondary N) is 1. The molecule has 3 rings (SSSR count). The molecule has 0 bridgehead atoms. The molecule has 0 heterocycles. The van der Waals surface area contributed by atoms with Crippen LogP contribution in [0, 0.1) is 5.92 Å². The van der Waals surface area contributed by atoms with Crippen molar-refractivity contribution in [3.63, 3.8) is 0 Å². The zero-order chi connectivity index (χ0) is 25.0. The molecule has 2 amide bonds. The van der Waals surface area contributed by atoms with E-state index in [1.54, 1.807) is 16.7 Å². The molecule has 0 aromatic heterocycles. The summed E-state index contributed by atoms with van der Waals surface area (Å²) in [6.45, 7) is 5.09. The highest BCUT2D eigenvalue weighted by Gasteiger charge is 2.30.